The lowest BCUT2D eigenvalue weighted by Crippen LogP contribution is -2.40. The molecule has 140 valence electrons. The number of amides is 1. The van der Waals surface area contributed by atoms with Crippen LogP contribution in [0.4, 0.5) is 0 Å². The summed E-state index contributed by atoms with van der Waals surface area (Å²) < 4.78 is 5.88. The summed E-state index contributed by atoms with van der Waals surface area (Å²) in [5.74, 6) is 3.02. The predicted molar refractivity (Wildman–Crippen MR) is 98.7 cm³/mol. The number of hydrogen-bond donors (Lipinski definition) is 1. The molecule has 2 aliphatic rings. The number of pyridine rings is 1. The smallest absolute Gasteiger partial charge is 0.231 e. The van der Waals surface area contributed by atoms with Crippen LogP contribution >= 0.6 is 0 Å². The first kappa shape index (κ1) is 18.8. The zero-order valence-corrected chi connectivity index (χ0v) is 15.2. The number of nitrogens with zero attached hydrogens (tertiary/aromatic N) is 4. The van der Waals surface area contributed by atoms with Gasteiger partial charge in [-0.05, 0) is 37.8 Å². The highest BCUT2D eigenvalue weighted by Crippen LogP contribution is 2.37. The van der Waals surface area contributed by atoms with Crippen LogP contribution in [0.1, 0.15) is 56.9 Å². The van der Waals surface area contributed by atoms with Gasteiger partial charge in [0.1, 0.15) is 17.7 Å². The zero-order chi connectivity index (χ0) is 19.1. The van der Waals surface area contributed by atoms with E-state index in [0.717, 1.165) is 32.1 Å². The number of ether oxygens (including phenoxy) is 1. The second kappa shape index (κ2) is 8.64. The molecular weight excluding hydrogens is 342 g/mol. The Bertz CT molecular complexity index is 778. The van der Waals surface area contributed by atoms with E-state index in [1.807, 2.05) is 0 Å². The molecule has 1 amide bonds. The van der Waals surface area contributed by atoms with Crippen LogP contribution in [0.3, 0.4) is 0 Å². The van der Waals surface area contributed by atoms with Crippen LogP contribution in [0, 0.1) is 23.7 Å². The van der Waals surface area contributed by atoms with Crippen LogP contribution in [-0.2, 0) is 4.79 Å². The third-order valence-corrected chi connectivity index (χ3v) is 5.01. The normalized spacial score (nSPS) is 22.3. The first-order chi connectivity index (χ1) is 13.1. The number of rotatable bonds is 8. The topological polar surface area (TPSA) is 99.7 Å². The molecule has 1 saturated carbocycles. The third-order valence-electron chi connectivity index (χ3n) is 5.01. The van der Waals surface area contributed by atoms with E-state index in [1.54, 1.807) is 18.3 Å². The summed E-state index contributed by atoms with van der Waals surface area (Å²) in [6.07, 6.45) is 12.6. The summed E-state index contributed by atoms with van der Waals surface area (Å²) in [5.41, 5.74) is 0.0404. The number of nitrogens with one attached hydrogen (secondary N) is 1. The summed E-state index contributed by atoms with van der Waals surface area (Å²) in [5, 5.41) is 20.3. The summed E-state index contributed by atoms with van der Waals surface area (Å²) in [6, 6.07) is 5.67. The molecule has 1 aromatic heterocycles. The Morgan fingerprint density at radius 2 is 2.11 bits per heavy atom. The molecule has 1 aliphatic carbocycles. The van der Waals surface area contributed by atoms with Gasteiger partial charge in [-0.15, -0.1) is 12.3 Å². The maximum atomic E-state index is 12.2. The molecule has 1 fully saturated rings. The minimum Gasteiger partial charge on any atom is -0.473 e. The van der Waals surface area contributed by atoms with E-state index >= 15 is 0 Å². The van der Waals surface area contributed by atoms with Crippen molar-refractivity contribution in [2.24, 2.45) is 10.2 Å². The average molecular weight is 365 g/mol. The largest absolute Gasteiger partial charge is 0.473 e. The molecule has 27 heavy (non-hydrogen) atoms. The molecule has 0 atom stereocenters. The molecule has 1 aromatic rings. The van der Waals surface area contributed by atoms with E-state index in [0.29, 0.717) is 30.7 Å². The average Bonchev–Trinajstić information content (AvgIpc) is 3.47. The van der Waals surface area contributed by atoms with Crippen molar-refractivity contribution in [3.05, 3.63) is 23.9 Å². The van der Waals surface area contributed by atoms with Crippen LogP contribution in [0.15, 0.2) is 28.6 Å². The fraction of sp³-hybridized carbons (Fsp3) is 0.550. The van der Waals surface area contributed by atoms with Gasteiger partial charge in [-0.2, -0.15) is 15.5 Å². The van der Waals surface area contributed by atoms with Gasteiger partial charge in [0.25, 0.3) is 0 Å². The second-order valence-corrected chi connectivity index (χ2v) is 7.01. The molecule has 0 bridgehead atoms. The monoisotopic (exact) mass is 365 g/mol. The van der Waals surface area contributed by atoms with Crippen LogP contribution in [0.25, 0.3) is 0 Å². The van der Waals surface area contributed by atoms with E-state index in [1.165, 1.54) is 0 Å². The lowest BCUT2D eigenvalue weighted by Gasteiger charge is -2.29. The molecular formula is C20H23N5O2. The molecule has 3 rings (SSSR count). The molecule has 0 saturated heterocycles. The highest BCUT2D eigenvalue weighted by molar-refractivity contribution is 5.76. The van der Waals surface area contributed by atoms with Gasteiger partial charge in [0, 0.05) is 37.9 Å². The molecule has 0 unspecified atom stereocenters. The lowest BCUT2D eigenvalue weighted by atomic mass is 9.92. The van der Waals surface area contributed by atoms with E-state index in [4.69, 9.17) is 16.4 Å². The number of hydrogen-bond acceptors (Lipinski definition) is 6. The van der Waals surface area contributed by atoms with Crippen LogP contribution in [-0.4, -0.2) is 28.7 Å². The van der Waals surface area contributed by atoms with E-state index in [2.05, 4.69) is 32.5 Å². The highest BCUT2D eigenvalue weighted by atomic mass is 16.5. The van der Waals surface area contributed by atoms with E-state index in [-0.39, 0.29) is 18.1 Å². The second-order valence-electron chi connectivity index (χ2n) is 7.01. The molecule has 0 aromatic carbocycles. The zero-order valence-electron chi connectivity index (χ0n) is 15.2. The van der Waals surface area contributed by atoms with E-state index < -0.39 is 5.66 Å². The fourth-order valence-corrected chi connectivity index (χ4v) is 3.33. The van der Waals surface area contributed by atoms with Crippen molar-refractivity contribution in [2.45, 2.75) is 69.2 Å². The SMILES string of the molecule is C#CCCC1(CCC(=O)NC2CCC(Oc3ncccc3C#N)CC2)N=N1. The van der Waals surface area contributed by atoms with Gasteiger partial charge < -0.3 is 10.1 Å². The Kier molecular flexibility index (Phi) is 6.03. The van der Waals surface area contributed by atoms with Crippen LogP contribution in [0.5, 0.6) is 5.88 Å². The summed E-state index contributed by atoms with van der Waals surface area (Å²) in [7, 11) is 0. The van der Waals surface area contributed by atoms with Gasteiger partial charge in [0.2, 0.25) is 11.8 Å². The van der Waals surface area contributed by atoms with Gasteiger partial charge >= 0.3 is 0 Å². The Labute approximate surface area is 159 Å². The standard InChI is InChI=1S/C20H23N5O2/c1-2-3-11-20(24-25-20)12-10-18(26)23-16-6-8-17(9-7-16)27-19-15(14-21)5-4-13-22-19/h1,4-5,13,16-17H,3,6-12H2,(H,23,26). The molecule has 1 N–H and O–H groups in total. The summed E-state index contributed by atoms with van der Waals surface area (Å²) in [6.45, 7) is 0. The summed E-state index contributed by atoms with van der Waals surface area (Å²) in [4.78, 5) is 16.3. The van der Waals surface area contributed by atoms with Crippen LogP contribution in [0.2, 0.25) is 0 Å². The first-order valence-electron chi connectivity index (χ1n) is 9.33. The van der Waals surface area contributed by atoms with Crippen molar-refractivity contribution in [2.75, 3.05) is 0 Å². The molecule has 2 heterocycles. The Morgan fingerprint density at radius 1 is 1.33 bits per heavy atom. The van der Waals surface area contributed by atoms with Crippen molar-refractivity contribution in [3.8, 4) is 24.3 Å². The van der Waals surface area contributed by atoms with Gasteiger partial charge in [0.15, 0.2) is 5.66 Å². The highest BCUT2D eigenvalue weighted by Gasteiger charge is 2.39. The van der Waals surface area contributed by atoms with Crippen molar-refractivity contribution >= 4 is 5.91 Å². The number of carbonyl (C=O) groups excluding carboxylic acids is 1. The number of terminal acetylenes is 1. The lowest BCUT2D eigenvalue weighted by molar-refractivity contribution is -0.122. The minimum absolute atomic E-state index is 0.0243. The molecule has 1 aliphatic heterocycles. The van der Waals surface area contributed by atoms with Crippen molar-refractivity contribution in [1.29, 1.82) is 5.26 Å². The van der Waals surface area contributed by atoms with Gasteiger partial charge in [-0.3, -0.25) is 4.79 Å². The van der Waals surface area contributed by atoms with Crippen LogP contribution < -0.4 is 10.1 Å². The molecule has 0 spiro atoms. The molecule has 0 radical (unpaired) electrons. The molecule has 7 heteroatoms. The number of carbonyl (C=O) groups is 1. The van der Waals surface area contributed by atoms with Gasteiger partial charge in [-0.1, -0.05) is 0 Å². The van der Waals surface area contributed by atoms with Crippen molar-refractivity contribution in [3.63, 3.8) is 0 Å². The first-order valence-corrected chi connectivity index (χ1v) is 9.33. The Morgan fingerprint density at radius 3 is 2.78 bits per heavy atom. The quantitative estimate of drug-likeness (QED) is 0.715. The molecule has 7 nitrogen and oxygen atoms in total. The Balaban J connectivity index is 1.37. The number of nitriles is 1. The number of aromatic nitrogens is 1. The van der Waals surface area contributed by atoms with E-state index in [9.17, 15) is 4.79 Å². The fourth-order valence-electron chi connectivity index (χ4n) is 3.33. The minimum atomic E-state index is -0.406. The van der Waals surface area contributed by atoms with Crippen molar-refractivity contribution < 1.29 is 9.53 Å². The van der Waals surface area contributed by atoms with Crippen molar-refractivity contribution in [1.82, 2.24) is 10.3 Å². The Hall–Kier alpha value is -2.93. The third kappa shape index (κ3) is 5.27. The predicted octanol–water partition coefficient (Wildman–Crippen LogP) is 3.12. The van der Waals surface area contributed by atoms with Gasteiger partial charge in [-0.25, -0.2) is 4.98 Å². The van der Waals surface area contributed by atoms with Gasteiger partial charge in [0.05, 0.1) is 0 Å². The maximum Gasteiger partial charge on any atom is 0.231 e. The summed E-state index contributed by atoms with van der Waals surface area (Å²) >= 11 is 0. The maximum absolute atomic E-state index is 12.2.